The van der Waals surface area contributed by atoms with Crippen molar-refractivity contribution in [3.8, 4) is 5.75 Å². The van der Waals surface area contributed by atoms with Crippen LogP contribution in [0.4, 0.5) is 0 Å². The molecule has 12 N–H and O–H groups in total. The molecule has 4 unspecified atom stereocenters. The van der Waals surface area contributed by atoms with Gasteiger partial charge in [-0.1, -0.05) is 12.1 Å². The number of aromatic hydroxyl groups is 1. The average molecular weight is 556 g/mol. The molecular weight excluding hydrogens is 518 g/mol. The number of nitrogens with one attached hydrogen (secondary N) is 3. The second-order valence-electron chi connectivity index (χ2n) is 8.41. The Kier molecular flexibility index (Phi) is 14.6. The SMILES string of the molecule is CSCCC(NC(=O)C(CCCN=C(N)N)NC(=O)C(N)CO)C(=O)NC(Cc1ccc(O)cc1)C(=O)O. The number of aliphatic hydroxyl groups is 1. The molecule has 3 amide bonds. The highest BCUT2D eigenvalue weighted by Crippen LogP contribution is 2.12. The summed E-state index contributed by atoms with van der Waals surface area (Å²) in [4.78, 5) is 54.0. The van der Waals surface area contributed by atoms with Crippen molar-refractivity contribution in [1.29, 1.82) is 0 Å². The number of phenolic OH excluding ortho intramolecular Hbond substituents is 1. The van der Waals surface area contributed by atoms with E-state index in [2.05, 4.69) is 20.9 Å². The third-order valence-corrected chi connectivity index (χ3v) is 5.99. The molecule has 38 heavy (non-hydrogen) atoms. The molecule has 212 valence electrons. The van der Waals surface area contributed by atoms with Crippen LogP contribution in [-0.2, 0) is 25.6 Å². The zero-order valence-electron chi connectivity index (χ0n) is 21.1. The Morgan fingerprint density at radius 1 is 0.947 bits per heavy atom. The van der Waals surface area contributed by atoms with Crippen molar-refractivity contribution in [3.05, 3.63) is 29.8 Å². The molecule has 1 aromatic rings. The normalized spacial score (nSPS) is 13.9. The minimum atomic E-state index is -1.29. The number of carboxylic acids is 1. The standard InChI is InChI=1S/C23H37N7O7S/c1-38-10-8-17(21(35)30-18(22(36)37)11-13-4-6-14(32)7-5-13)29-20(34)16(3-2-9-27-23(25)26)28-19(33)15(24)12-31/h4-7,15-18,31-32H,2-3,8-12,24H2,1H3,(H,28,33)(H,29,34)(H,30,35)(H,36,37)(H4,25,26,27). The van der Waals surface area contributed by atoms with Crippen LogP contribution in [-0.4, -0.2) is 94.3 Å². The van der Waals surface area contributed by atoms with Gasteiger partial charge in [0.15, 0.2) is 5.96 Å². The molecule has 0 aliphatic heterocycles. The van der Waals surface area contributed by atoms with Gasteiger partial charge < -0.3 is 48.5 Å². The fourth-order valence-electron chi connectivity index (χ4n) is 3.25. The maximum absolute atomic E-state index is 13.1. The van der Waals surface area contributed by atoms with E-state index in [1.165, 1.54) is 36.0 Å². The topological polar surface area (TPSA) is 255 Å². The first kappa shape index (κ1) is 32.5. The summed E-state index contributed by atoms with van der Waals surface area (Å²) in [5.74, 6) is -3.08. The molecule has 0 aliphatic carbocycles. The Morgan fingerprint density at radius 2 is 1.50 bits per heavy atom. The van der Waals surface area contributed by atoms with Crippen LogP contribution in [0.2, 0.25) is 0 Å². The zero-order valence-corrected chi connectivity index (χ0v) is 21.9. The summed E-state index contributed by atoms with van der Waals surface area (Å²) < 4.78 is 0. The second kappa shape index (κ2) is 17.0. The lowest BCUT2D eigenvalue weighted by atomic mass is 10.0. The number of carboxylic acid groups (broad SMARTS) is 1. The number of phenols is 1. The van der Waals surface area contributed by atoms with Gasteiger partial charge in [0.05, 0.1) is 6.61 Å². The van der Waals surface area contributed by atoms with Gasteiger partial charge >= 0.3 is 5.97 Å². The number of benzene rings is 1. The van der Waals surface area contributed by atoms with Gasteiger partial charge in [-0.25, -0.2) is 4.79 Å². The van der Waals surface area contributed by atoms with E-state index in [1.807, 2.05) is 6.26 Å². The van der Waals surface area contributed by atoms with E-state index in [9.17, 15) is 29.4 Å². The van der Waals surface area contributed by atoms with Crippen LogP contribution in [0.15, 0.2) is 29.3 Å². The number of guanidine groups is 1. The molecule has 4 atom stereocenters. The van der Waals surface area contributed by atoms with Gasteiger partial charge in [0.1, 0.15) is 29.9 Å². The van der Waals surface area contributed by atoms with Crippen molar-refractivity contribution in [1.82, 2.24) is 16.0 Å². The Hall–Kier alpha value is -3.56. The van der Waals surface area contributed by atoms with Crippen LogP contribution in [0.25, 0.3) is 0 Å². The molecule has 1 aromatic carbocycles. The minimum absolute atomic E-state index is 0.0180. The second-order valence-corrected chi connectivity index (χ2v) is 9.40. The molecule has 14 nitrogen and oxygen atoms in total. The van der Waals surface area contributed by atoms with Crippen molar-refractivity contribution in [2.45, 2.75) is 49.9 Å². The van der Waals surface area contributed by atoms with Gasteiger partial charge in [-0.2, -0.15) is 11.8 Å². The molecule has 0 aromatic heterocycles. The van der Waals surface area contributed by atoms with Gasteiger partial charge in [0.2, 0.25) is 17.7 Å². The number of hydrogen-bond acceptors (Lipinski definition) is 9. The van der Waals surface area contributed by atoms with Crippen LogP contribution >= 0.6 is 11.8 Å². The van der Waals surface area contributed by atoms with Crippen LogP contribution < -0.4 is 33.2 Å². The molecule has 1 rings (SSSR count). The minimum Gasteiger partial charge on any atom is -0.508 e. The predicted octanol–water partition coefficient (Wildman–Crippen LogP) is -2.40. The summed E-state index contributed by atoms with van der Waals surface area (Å²) in [6.45, 7) is -0.452. The van der Waals surface area contributed by atoms with Crippen LogP contribution in [0.5, 0.6) is 5.75 Å². The summed E-state index contributed by atoms with van der Waals surface area (Å²) in [5.41, 5.74) is 16.7. The van der Waals surface area contributed by atoms with Gasteiger partial charge in [-0.15, -0.1) is 0 Å². The first-order valence-corrected chi connectivity index (χ1v) is 13.2. The van der Waals surface area contributed by atoms with Crippen molar-refractivity contribution in [2.24, 2.45) is 22.2 Å². The van der Waals surface area contributed by atoms with Crippen LogP contribution in [0.3, 0.4) is 0 Å². The Balaban J connectivity index is 3.00. The van der Waals surface area contributed by atoms with E-state index in [1.54, 1.807) is 0 Å². The van der Waals surface area contributed by atoms with Crippen LogP contribution in [0, 0.1) is 0 Å². The highest BCUT2D eigenvalue weighted by Gasteiger charge is 2.30. The van der Waals surface area contributed by atoms with Gasteiger partial charge in [0, 0.05) is 13.0 Å². The van der Waals surface area contributed by atoms with Crippen molar-refractivity contribution in [3.63, 3.8) is 0 Å². The molecule has 0 spiro atoms. The molecule has 0 aliphatic rings. The lowest BCUT2D eigenvalue weighted by Crippen LogP contribution is -2.57. The molecule has 0 fully saturated rings. The number of aliphatic imine (C=N–C) groups is 1. The predicted molar refractivity (Wildman–Crippen MR) is 143 cm³/mol. The van der Waals surface area contributed by atoms with E-state index in [-0.39, 0.29) is 37.5 Å². The maximum atomic E-state index is 13.1. The van der Waals surface area contributed by atoms with E-state index >= 15 is 0 Å². The van der Waals surface area contributed by atoms with Crippen LogP contribution in [0.1, 0.15) is 24.8 Å². The molecule has 15 heteroatoms. The smallest absolute Gasteiger partial charge is 0.326 e. The highest BCUT2D eigenvalue weighted by atomic mass is 32.2. The monoisotopic (exact) mass is 555 g/mol. The lowest BCUT2D eigenvalue weighted by Gasteiger charge is -2.25. The number of aliphatic carboxylic acids is 1. The third kappa shape index (κ3) is 12.1. The Labute approximate surface area is 224 Å². The number of aliphatic hydroxyl groups excluding tert-OH is 1. The summed E-state index contributed by atoms with van der Waals surface area (Å²) >= 11 is 1.43. The van der Waals surface area contributed by atoms with Crippen molar-refractivity contribution < 1.29 is 34.5 Å². The van der Waals surface area contributed by atoms with E-state index in [4.69, 9.17) is 22.3 Å². The van der Waals surface area contributed by atoms with Gasteiger partial charge in [-0.05, 0) is 49.0 Å². The summed E-state index contributed by atoms with van der Waals surface area (Å²) in [7, 11) is 0. The summed E-state index contributed by atoms with van der Waals surface area (Å²) in [6, 6.07) is 1.12. The fourth-order valence-corrected chi connectivity index (χ4v) is 3.72. The fraction of sp³-hybridized carbons (Fsp3) is 0.522. The third-order valence-electron chi connectivity index (χ3n) is 5.35. The maximum Gasteiger partial charge on any atom is 0.326 e. The molecule has 0 bridgehead atoms. The van der Waals surface area contributed by atoms with Crippen molar-refractivity contribution in [2.75, 3.05) is 25.2 Å². The average Bonchev–Trinajstić information content (AvgIpc) is 2.87. The first-order chi connectivity index (χ1) is 18.0. The van der Waals surface area contributed by atoms with E-state index in [0.29, 0.717) is 17.7 Å². The molecule has 0 radical (unpaired) electrons. The molecule has 0 heterocycles. The van der Waals surface area contributed by atoms with Crippen molar-refractivity contribution >= 4 is 41.4 Å². The first-order valence-electron chi connectivity index (χ1n) is 11.8. The van der Waals surface area contributed by atoms with Gasteiger partial charge in [-0.3, -0.25) is 19.4 Å². The Bertz CT molecular complexity index is 958. The summed E-state index contributed by atoms with van der Waals surface area (Å²) in [5, 5.41) is 35.7. The molecular formula is C23H37N7O7S. The number of nitrogens with zero attached hydrogens (tertiary/aromatic N) is 1. The summed E-state index contributed by atoms with van der Waals surface area (Å²) in [6.07, 6.45) is 2.36. The largest absolute Gasteiger partial charge is 0.508 e. The van der Waals surface area contributed by atoms with E-state index in [0.717, 1.165) is 0 Å². The quantitative estimate of drug-likeness (QED) is 0.0556. The number of thioether (sulfide) groups is 1. The van der Waals surface area contributed by atoms with E-state index < -0.39 is 54.5 Å². The van der Waals surface area contributed by atoms with Gasteiger partial charge in [0.25, 0.3) is 0 Å². The number of hydrogen-bond donors (Lipinski definition) is 9. The molecule has 0 saturated carbocycles. The lowest BCUT2D eigenvalue weighted by molar-refractivity contribution is -0.142. The Morgan fingerprint density at radius 3 is 2.03 bits per heavy atom. The highest BCUT2D eigenvalue weighted by molar-refractivity contribution is 7.98. The number of rotatable bonds is 17. The number of carbonyl (C=O) groups is 4. The number of nitrogens with two attached hydrogens (primary N) is 3. The number of amides is 3. The zero-order chi connectivity index (χ0) is 28.7. The number of carbonyl (C=O) groups excluding carboxylic acids is 3. The molecule has 0 saturated heterocycles.